The third kappa shape index (κ3) is 2.15. The second kappa shape index (κ2) is 5.13. The molecule has 0 saturated carbocycles. The smallest absolute Gasteiger partial charge is 0.314 e. The number of nitrogens with one attached hydrogen (secondary N) is 1. The number of esters is 1. The zero-order chi connectivity index (χ0) is 13.4. The Balaban J connectivity index is 2.00. The van der Waals surface area contributed by atoms with Crippen molar-refractivity contribution in [2.45, 2.75) is 37.6 Å². The summed E-state index contributed by atoms with van der Waals surface area (Å²) in [4.78, 5) is 16.4. The molecule has 2 aliphatic heterocycles. The highest BCUT2D eigenvalue weighted by Crippen LogP contribution is 2.37. The topological polar surface area (TPSA) is 56.1 Å². The first-order valence-electron chi connectivity index (χ1n) is 6.76. The molecule has 0 aromatic carbocycles. The van der Waals surface area contributed by atoms with Crippen molar-refractivity contribution in [3.8, 4) is 0 Å². The summed E-state index contributed by atoms with van der Waals surface area (Å²) in [6.07, 6.45) is 2.84. The summed E-state index contributed by atoms with van der Waals surface area (Å²) in [6, 6.07) is 0. The molecule has 0 bridgehead atoms. The maximum atomic E-state index is 11.9. The zero-order valence-corrected chi connectivity index (χ0v) is 11.7. The largest absolute Gasteiger partial charge is 0.469 e. The van der Waals surface area contributed by atoms with E-state index in [-0.39, 0.29) is 11.9 Å². The molecule has 1 aromatic heterocycles. The van der Waals surface area contributed by atoms with Crippen LogP contribution in [0.4, 0.5) is 0 Å². The summed E-state index contributed by atoms with van der Waals surface area (Å²) in [5.41, 5.74) is 0.849. The SMILES string of the molecule is COC(=O)C1CCCn2c(C3CCNC3)nc(Cl)c21. The van der Waals surface area contributed by atoms with Crippen molar-refractivity contribution in [3.05, 3.63) is 16.7 Å². The number of carbonyl (C=O) groups excluding carboxylic acids is 1. The molecule has 2 aliphatic rings. The van der Waals surface area contributed by atoms with Gasteiger partial charge in [-0.1, -0.05) is 11.6 Å². The van der Waals surface area contributed by atoms with Gasteiger partial charge in [-0.05, 0) is 25.8 Å². The maximum Gasteiger partial charge on any atom is 0.314 e. The normalized spacial score (nSPS) is 26.2. The van der Waals surface area contributed by atoms with Crippen LogP contribution in [0.5, 0.6) is 0 Å². The Morgan fingerprint density at radius 3 is 3.05 bits per heavy atom. The van der Waals surface area contributed by atoms with Gasteiger partial charge in [0.25, 0.3) is 0 Å². The minimum atomic E-state index is -0.262. The van der Waals surface area contributed by atoms with Crippen molar-refractivity contribution in [1.82, 2.24) is 14.9 Å². The highest BCUT2D eigenvalue weighted by atomic mass is 35.5. The van der Waals surface area contributed by atoms with Crippen LogP contribution in [0.1, 0.15) is 42.6 Å². The number of fused-ring (bicyclic) bond motifs is 1. The summed E-state index contributed by atoms with van der Waals surface area (Å²) in [5.74, 6) is 0.960. The van der Waals surface area contributed by atoms with Crippen LogP contribution in [0.25, 0.3) is 0 Å². The lowest BCUT2D eigenvalue weighted by Gasteiger charge is -2.24. The first-order valence-corrected chi connectivity index (χ1v) is 7.14. The monoisotopic (exact) mass is 283 g/mol. The molecule has 0 spiro atoms. The highest BCUT2D eigenvalue weighted by molar-refractivity contribution is 6.30. The lowest BCUT2D eigenvalue weighted by Crippen LogP contribution is -2.25. The molecule has 1 saturated heterocycles. The van der Waals surface area contributed by atoms with Gasteiger partial charge >= 0.3 is 5.97 Å². The molecule has 2 unspecified atom stereocenters. The first kappa shape index (κ1) is 12.9. The van der Waals surface area contributed by atoms with Gasteiger partial charge in [-0.15, -0.1) is 0 Å². The van der Waals surface area contributed by atoms with E-state index in [0.29, 0.717) is 11.1 Å². The lowest BCUT2D eigenvalue weighted by atomic mass is 9.96. The van der Waals surface area contributed by atoms with Crippen molar-refractivity contribution >= 4 is 17.6 Å². The molecule has 0 amide bonds. The van der Waals surface area contributed by atoms with Crippen molar-refractivity contribution in [1.29, 1.82) is 0 Å². The number of rotatable bonds is 2. The van der Waals surface area contributed by atoms with E-state index in [4.69, 9.17) is 16.3 Å². The van der Waals surface area contributed by atoms with E-state index in [2.05, 4.69) is 14.9 Å². The zero-order valence-electron chi connectivity index (χ0n) is 11.0. The van der Waals surface area contributed by atoms with Gasteiger partial charge in [0.05, 0.1) is 12.8 Å². The van der Waals surface area contributed by atoms with Crippen LogP contribution >= 0.6 is 11.6 Å². The Bertz CT molecular complexity index is 494. The van der Waals surface area contributed by atoms with E-state index in [1.165, 1.54) is 7.11 Å². The summed E-state index contributed by atoms with van der Waals surface area (Å²) in [7, 11) is 1.42. The average molecular weight is 284 g/mol. The van der Waals surface area contributed by atoms with Gasteiger partial charge in [0.2, 0.25) is 0 Å². The Hall–Kier alpha value is -1.07. The van der Waals surface area contributed by atoms with Gasteiger partial charge in [0, 0.05) is 19.0 Å². The second-order valence-corrected chi connectivity index (χ2v) is 5.56. The molecular formula is C13H18ClN3O2. The molecule has 19 heavy (non-hydrogen) atoms. The fraction of sp³-hybridized carbons (Fsp3) is 0.692. The van der Waals surface area contributed by atoms with Gasteiger partial charge in [0.15, 0.2) is 5.15 Å². The molecule has 104 valence electrons. The number of methoxy groups -OCH3 is 1. The minimum Gasteiger partial charge on any atom is -0.469 e. The minimum absolute atomic E-state index is 0.209. The van der Waals surface area contributed by atoms with Crippen LogP contribution < -0.4 is 5.32 Å². The van der Waals surface area contributed by atoms with Crippen LogP contribution in [-0.2, 0) is 16.1 Å². The van der Waals surface area contributed by atoms with Gasteiger partial charge in [-0.25, -0.2) is 4.98 Å². The fourth-order valence-corrected chi connectivity index (χ4v) is 3.49. The van der Waals surface area contributed by atoms with Gasteiger partial charge < -0.3 is 14.6 Å². The summed E-state index contributed by atoms with van der Waals surface area (Å²) < 4.78 is 7.03. The van der Waals surface area contributed by atoms with E-state index >= 15 is 0 Å². The van der Waals surface area contributed by atoms with Crippen LogP contribution in [-0.4, -0.2) is 35.7 Å². The molecule has 1 aromatic rings. The molecule has 2 atom stereocenters. The van der Waals surface area contributed by atoms with Crippen LogP contribution in [0.15, 0.2) is 0 Å². The maximum absolute atomic E-state index is 11.9. The van der Waals surface area contributed by atoms with Crippen molar-refractivity contribution < 1.29 is 9.53 Å². The van der Waals surface area contributed by atoms with E-state index in [9.17, 15) is 4.79 Å². The Labute approximate surface area is 117 Å². The average Bonchev–Trinajstić information content (AvgIpc) is 3.06. The molecule has 3 rings (SSSR count). The Kier molecular flexibility index (Phi) is 3.50. The van der Waals surface area contributed by atoms with E-state index in [1.807, 2.05) is 0 Å². The predicted molar refractivity (Wildman–Crippen MR) is 71.5 cm³/mol. The first-order chi connectivity index (χ1) is 9.22. The Morgan fingerprint density at radius 2 is 2.37 bits per heavy atom. The third-order valence-corrected chi connectivity index (χ3v) is 4.39. The molecule has 1 fully saturated rings. The number of aromatic nitrogens is 2. The van der Waals surface area contributed by atoms with Crippen molar-refractivity contribution in [2.24, 2.45) is 0 Å². The molecule has 0 aliphatic carbocycles. The molecule has 0 radical (unpaired) electrons. The van der Waals surface area contributed by atoms with E-state index in [1.54, 1.807) is 0 Å². The number of halogens is 1. The van der Waals surface area contributed by atoms with E-state index < -0.39 is 0 Å². The number of hydrogen-bond acceptors (Lipinski definition) is 4. The number of carbonyl (C=O) groups is 1. The Morgan fingerprint density at radius 1 is 1.53 bits per heavy atom. The second-order valence-electron chi connectivity index (χ2n) is 5.21. The van der Waals surface area contributed by atoms with Crippen LogP contribution in [0.3, 0.4) is 0 Å². The molecule has 3 heterocycles. The van der Waals surface area contributed by atoms with Gasteiger partial charge in [-0.3, -0.25) is 4.79 Å². The van der Waals surface area contributed by atoms with Gasteiger partial charge in [0.1, 0.15) is 11.7 Å². The summed E-state index contributed by atoms with van der Waals surface area (Å²) in [6.45, 7) is 2.86. The van der Waals surface area contributed by atoms with Crippen LogP contribution in [0.2, 0.25) is 5.15 Å². The highest BCUT2D eigenvalue weighted by Gasteiger charge is 2.35. The van der Waals surface area contributed by atoms with Crippen molar-refractivity contribution in [3.63, 3.8) is 0 Å². The molecule has 1 N–H and O–H groups in total. The van der Waals surface area contributed by atoms with Gasteiger partial charge in [-0.2, -0.15) is 0 Å². The van der Waals surface area contributed by atoms with Crippen LogP contribution in [0, 0.1) is 0 Å². The summed E-state index contributed by atoms with van der Waals surface area (Å²) >= 11 is 6.28. The number of ether oxygens (including phenoxy) is 1. The lowest BCUT2D eigenvalue weighted by molar-refractivity contribution is -0.143. The standard InChI is InChI=1S/C13H18ClN3O2/c1-19-13(18)9-3-2-6-17-10(9)11(14)16-12(17)8-4-5-15-7-8/h8-9,15H,2-7H2,1H3. The molecule has 6 heteroatoms. The van der Waals surface area contributed by atoms with E-state index in [0.717, 1.165) is 50.4 Å². The number of nitrogens with zero attached hydrogens (tertiary/aromatic N) is 2. The number of imidazole rings is 1. The van der Waals surface area contributed by atoms with Crippen molar-refractivity contribution in [2.75, 3.05) is 20.2 Å². The summed E-state index contributed by atoms with van der Waals surface area (Å²) in [5, 5.41) is 3.81. The number of hydrogen-bond donors (Lipinski definition) is 1. The predicted octanol–water partition coefficient (Wildman–Crippen LogP) is 1.66. The fourth-order valence-electron chi connectivity index (χ4n) is 3.17. The third-order valence-electron chi connectivity index (χ3n) is 4.11. The quantitative estimate of drug-likeness (QED) is 0.839. The molecular weight excluding hydrogens is 266 g/mol. The molecule has 5 nitrogen and oxygen atoms in total.